The van der Waals surface area contributed by atoms with Crippen molar-refractivity contribution in [2.75, 3.05) is 5.32 Å². The SMILES string of the molecule is CC.Cc1ccc(C(=O)N2N=C(c3ccc(NC(=O)OC(C)C)cc3)CC2c2ccccn2)cc1. The average Bonchev–Trinajstić information content (AvgIpc) is 3.31. The van der Waals surface area contributed by atoms with Gasteiger partial charge in [0.15, 0.2) is 0 Å². The lowest BCUT2D eigenvalue weighted by Gasteiger charge is -2.21. The highest BCUT2D eigenvalue weighted by Crippen LogP contribution is 2.33. The van der Waals surface area contributed by atoms with Gasteiger partial charge >= 0.3 is 6.09 Å². The fraction of sp³-hybridized carbons (Fsp3) is 0.286. The standard InChI is InChI=1S/C26H26N4O3.C2H6/c1-17(2)33-26(32)28-21-13-11-19(12-14-21)23-16-24(22-6-4-5-15-27-22)30(29-23)25(31)20-9-7-18(3)8-10-20;1-2/h4-15,17,24H,16H2,1-3H3,(H,28,32);1-2H3. The second kappa shape index (κ2) is 11.9. The van der Waals surface area contributed by atoms with Crippen LogP contribution < -0.4 is 5.32 Å². The Morgan fingerprint density at radius 3 is 2.29 bits per heavy atom. The van der Waals surface area contributed by atoms with Gasteiger partial charge in [-0.3, -0.25) is 15.1 Å². The van der Waals surface area contributed by atoms with Crippen LogP contribution in [0.25, 0.3) is 0 Å². The zero-order valence-electron chi connectivity index (χ0n) is 20.9. The van der Waals surface area contributed by atoms with Crippen molar-refractivity contribution in [3.63, 3.8) is 0 Å². The number of carbonyl (C=O) groups excluding carboxylic acids is 2. The number of anilines is 1. The van der Waals surface area contributed by atoms with E-state index in [1.54, 1.807) is 32.2 Å². The van der Waals surface area contributed by atoms with Crippen molar-refractivity contribution in [3.05, 3.63) is 95.3 Å². The number of hydrogen-bond acceptors (Lipinski definition) is 5. The molecule has 0 aliphatic carbocycles. The molecule has 0 saturated heterocycles. The number of ether oxygens (including phenoxy) is 1. The molecule has 4 rings (SSSR count). The lowest BCUT2D eigenvalue weighted by molar-refractivity contribution is 0.0708. The Bertz CT molecular complexity index is 1160. The Morgan fingerprint density at radius 1 is 1.00 bits per heavy atom. The van der Waals surface area contributed by atoms with E-state index >= 15 is 0 Å². The Balaban J connectivity index is 0.00000167. The molecule has 1 atom stereocenters. The molecular weight excluding hydrogens is 440 g/mol. The summed E-state index contributed by atoms with van der Waals surface area (Å²) >= 11 is 0. The highest BCUT2D eigenvalue weighted by molar-refractivity contribution is 6.05. The fourth-order valence-electron chi connectivity index (χ4n) is 3.61. The monoisotopic (exact) mass is 472 g/mol. The molecule has 0 saturated carbocycles. The number of pyridine rings is 1. The minimum absolute atomic E-state index is 0.171. The molecule has 1 unspecified atom stereocenters. The van der Waals surface area contributed by atoms with Crippen molar-refractivity contribution in [3.8, 4) is 0 Å². The van der Waals surface area contributed by atoms with E-state index < -0.39 is 6.09 Å². The minimum Gasteiger partial charge on any atom is -0.447 e. The maximum absolute atomic E-state index is 13.3. The predicted octanol–water partition coefficient (Wildman–Crippen LogP) is 6.36. The van der Waals surface area contributed by atoms with E-state index in [2.05, 4.69) is 10.3 Å². The Hall–Kier alpha value is -4.00. The van der Waals surface area contributed by atoms with Crippen molar-refractivity contribution in [1.29, 1.82) is 0 Å². The Kier molecular flexibility index (Phi) is 8.73. The second-order valence-electron chi connectivity index (χ2n) is 8.19. The molecule has 0 bridgehead atoms. The van der Waals surface area contributed by atoms with E-state index in [-0.39, 0.29) is 18.1 Å². The molecule has 0 spiro atoms. The van der Waals surface area contributed by atoms with Crippen LogP contribution in [0.3, 0.4) is 0 Å². The van der Waals surface area contributed by atoms with Crippen LogP contribution in [0.1, 0.15) is 67.3 Å². The molecule has 1 N–H and O–H groups in total. The number of nitrogens with zero attached hydrogens (tertiary/aromatic N) is 3. The maximum atomic E-state index is 13.3. The van der Waals surface area contributed by atoms with Crippen molar-refractivity contribution in [2.45, 2.75) is 53.2 Å². The van der Waals surface area contributed by atoms with Crippen molar-refractivity contribution < 1.29 is 14.3 Å². The summed E-state index contributed by atoms with van der Waals surface area (Å²) in [7, 11) is 0. The number of hydrogen-bond donors (Lipinski definition) is 1. The lowest BCUT2D eigenvalue weighted by Crippen LogP contribution is -2.27. The van der Waals surface area contributed by atoms with Gasteiger partial charge in [0.1, 0.15) is 6.04 Å². The lowest BCUT2D eigenvalue weighted by atomic mass is 10.0. The topological polar surface area (TPSA) is 83.9 Å². The minimum atomic E-state index is -0.499. The molecule has 2 aromatic carbocycles. The van der Waals surface area contributed by atoms with Gasteiger partial charge in [0.05, 0.1) is 17.5 Å². The van der Waals surface area contributed by atoms with Crippen LogP contribution in [0.2, 0.25) is 0 Å². The van der Waals surface area contributed by atoms with E-state index in [0.717, 1.165) is 22.5 Å². The molecule has 0 radical (unpaired) electrons. The zero-order valence-corrected chi connectivity index (χ0v) is 20.9. The number of rotatable bonds is 5. The fourth-order valence-corrected chi connectivity index (χ4v) is 3.61. The number of hydrazone groups is 1. The van der Waals surface area contributed by atoms with Crippen LogP contribution in [-0.4, -0.2) is 33.8 Å². The zero-order chi connectivity index (χ0) is 25.4. The largest absolute Gasteiger partial charge is 0.447 e. The Labute approximate surface area is 206 Å². The summed E-state index contributed by atoms with van der Waals surface area (Å²) in [4.78, 5) is 29.6. The number of amides is 2. The smallest absolute Gasteiger partial charge is 0.411 e. The van der Waals surface area contributed by atoms with Crippen LogP contribution in [0.5, 0.6) is 0 Å². The number of benzene rings is 2. The quantitative estimate of drug-likeness (QED) is 0.468. The molecule has 182 valence electrons. The summed E-state index contributed by atoms with van der Waals surface area (Å²) in [6, 6.07) is 20.2. The highest BCUT2D eigenvalue weighted by Gasteiger charge is 2.34. The number of carbonyl (C=O) groups is 2. The molecule has 1 aliphatic heterocycles. The normalized spacial score (nSPS) is 14.6. The molecule has 1 aromatic heterocycles. The summed E-state index contributed by atoms with van der Waals surface area (Å²) < 4.78 is 5.11. The first-order valence-electron chi connectivity index (χ1n) is 11.9. The van der Waals surface area contributed by atoms with Crippen LogP contribution in [0.4, 0.5) is 10.5 Å². The van der Waals surface area contributed by atoms with Crippen molar-refractivity contribution in [2.24, 2.45) is 5.10 Å². The molecule has 2 heterocycles. The predicted molar refractivity (Wildman–Crippen MR) is 139 cm³/mol. The average molecular weight is 473 g/mol. The van der Waals surface area contributed by atoms with Gasteiger partial charge in [0, 0.05) is 23.9 Å². The van der Waals surface area contributed by atoms with E-state index in [9.17, 15) is 9.59 Å². The molecule has 2 amide bonds. The van der Waals surface area contributed by atoms with Gasteiger partial charge in [0.25, 0.3) is 5.91 Å². The first-order chi connectivity index (χ1) is 16.9. The summed E-state index contributed by atoms with van der Waals surface area (Å²) in [5.74, 6) is -0.171. The molecule has 3 aromatic rings. The van der Waals surface area contributed by atoms with Gasteiger partial charge in [-0.2, -0.15) is 5.10 Å². The number of aromatic nitrogens is 1. The van der Waals surface area contributed by atoms with Gasteiger partial charge in [0.2, 0.25) is 0 Å². The molecule has 7 nitrogen and oxygen atoms in total. The van der Waals surface area contributed by atoms with E-state index in [0.29, 0.717) is 17.7 Å². The first-order valence-corrected chi connectivity index (χ1v) is 11.9. The van der Waals surface area contributed by atoms with Gasteiger partial charge in [-0.05, 0) is 62.7 Å². The van der Waals surface area contributed by atoms with Gasteiger partial charge in [-0.1, -0.05) is 49.7 Å². The van der Waals surface area contributed by atoms with Crippen LogP contribution >= 0.6 is 0 Å². The summed E-state index contributed by atoms with van der Waals surface area (Å²) in [6.07, 6.45) is 1.56. The summed E-state index contributed by atoms with van der Waals surface area (Å²) in [6.45, 7) is 9.57. The maximum Gasteiger partial charge on any atom is 0.411 e. The van der Waals surface area contributed by atoms with Crippen molar-refractivity contribution >= 4 is 23.4 Å². The van der Waals surface area contributed by atoms with Gasteiger partial charge in [-0.25, -0.2) is 9.80 Å². The first kappa shape index (κ1) is 25.6. The highest BCUT2D eigenvalue weighted by atomic mass is 16.6. The number of nitrogens with one attached hydrogen (secondary N) is 1. The third kappa shape index (κ3) is 6.53. The summed E-state index contributed by atoms with van der Waals surface area (Å²) in [5, 5.41) is 8.92. The molecule has 7 heteroatoms. The molecule has 35 heavy (non-hydrogen) atoms. The summed E-state index contributed by atoms with van der Waals surface area (Å²) in [5.41, 5.74) is 4.72. The van der Waals surface area contributed by atoms with Gasteiger partial charge < -0.3 is 4.74 Å². The van der Waals surface area contributed by atoms with E-state index in [4.69, 9.17) is 9.84 Å². The van der Waals surface area contributed by atoms with Crippen molar-refractivity contribution in [1.82, 2.24) is 9.99 Å². The Morgan fingerprint density at radius 2 is 1.69 bits per heavy atom. The molecule has 0 fully saturated rings. The third-order valence-corrected chi connectivity index (χ3v) is 5.25. The third-order valence-electron chi connectivity index (χ3n) is 5.25. The van der Waals surface area contributed by atoms with Crippen LogP contribution in [0, 0.1) is 6.92 Å². The van der Waals surface area contributed by atoms with Gasteiger partial charge in [-0.15, -0.1) is 0 Å². The molecule has 1 aliphatic rings. The van der Waals surface area contributed by atoms with Crippen LogP contribution in [-0.2, 0) is 4.74 Å². The molecular formula is C28H32N4O3. The van der Waals surface area contributed by atoms with E-state index in [1.807, 2.05) is 75.4 Å². The van der Waals surface area contributed by atoms with Crippen LogP contribution in [0.15, 0.2) is 78.0 Å². The van der Waals surface area contributed by atoms with E-state index in [1.165, 1.54) is 5.01 Å². The number of aryl methyl sites for hydroxylation is 1. The second-order valence-corrected chi connectivity index (χ2v) is 8.19.